The molecule has 0 aliphatic carbocycles. The van der Waals surface area contributed by atoms with Gasteiger partial charge in [-0.3, -0.25) is 4.68 Å². The second kappa shape index (κ2) is 3.91. The predicted molar refractivity (Wildman–Crippen MR) is 58.4 cm³/mol. The fourth-order valence-corrected chi connectivity index (χ4v) is 1.68. The van der Waals surface area contributed by atoms with Gasteiger partial charge in [0, 0.05) is 18.8 Å². The highest BCUT2D eigenvalue weighted by Crippen LogP contribution is 2.33. The monoisotopic (exact) mass is 240 g/mol. The first kappa shape index (κ1) is 11.7. The largest absolute Gasteiger partial charge is 0.416 e. The minimum atomic E-state index is -4.32. The van der Waals surface area contributed by atoms with Crippen molar-refractivity contribution in [1.29, 1.82) is 0 Å². The fraction of sp³-hybridized carbons (Fsp3) is 0.250. The maximum Gasteiger partial charge on any atom is 0.416 e. The Balaban J connectivity index is 2.52. The van der Waals surface area contributed by atoms with Crippen molar-refractivity contribution in [3.05, 3.63) is 41.7 Å². The van der Waals surface area contributed by atoms with E-state index < -0.39 is 11.7 Å². The number of hydrogen-bond donors (Lipinski definition) is 0. The van der Waals surface area contributed by atoms with E-state index in [0.29, 0.717) is 16.7 Å². The number of benzene rings is 1. The van der Waals surface area contributed by atoms with Crippen LogP contribution in [0, 0.1) is 6.92 Å². The number of nitrogens with zero attached hydrogens (tertiary/aromatic N) is 2. The topological polar surface area (TPSA) is 17.8 Å². The molecule has 1 heterocycles. The van der Waals surface area contributed by atoms with Crippen LogP contribution in [0.5, 0.6) is 0 Å². The van der Waals surface area contributed by atoms with Crippen LogP contribution in [0.25, 0.3) is 11.1 Å². The summed E-state index contributed by atoms with van der Waals surface area (Å²) in [5.41, 5.74) is 1.17. The molecule has 0 bridgehead atoms. The van der Waals surface area contributed by atoms with Crippen molar-refractivity contribution in [3.8, 4) is 11.1 Å². The van der Waals surface area contributed by atoms with Gasteiger partial charge in [-0.05, 0) is 30.2 Å². The zero-order valence-electron chi connectivity index (χ0n) is 9.42. The molecule has 0 fully saturated rings. The fourth-order valence-electron chi connectivity index (χ4n) is 1.68. The maximum atomic E-state index is 12.6. The Morgan fingerprint density at radius 2 is 1.82 bits per heavy atom. The molecule has 0 unspecified atom stereocenters. The molecule has 1 aromatic carbocycles. The first-order chi connectivity index (χ1) is 7.86. The molecule has 0 atom stereocenters. The first-order valence-electron chi connectivity index (χ1n) is 5.04. The maximum absolute atomic E-state index is 12.6. The third-order valence-corrected chi connectivity index (χ3v) is 2.44. The molecule has 2 nitrogen and oxygen atoms in total. The van der Waals surface area contributed by atoms with E-state index >= 15 is 0 Å². The van der Waals surface area contributed by atoms with Crippen molar-refractivity contribution in [2.24, 2.45) is 7.05 Å². The van der Waals surface area contributed by atoms with E-state index in [1.807, 2.05) is 0 Å². The molecular formula is C12H11F3N2. The zero-order valence-corrected chi connectivity index (χ0v) is 9.42. The molecule has 0 saturated heterocycles. The molecule has 2 rings (SSSR count). The van der Waals surface area contributed by atoms with Crippen LogP contribution >= 0.6 is 0 Å². The van der Waals surface area contributed by atoms with E-state index in [9.17, 15) is 13.2 Å². The van der Waals surface area contributed by atoms with Gasteiger partial charge >= 0.3 is 6.18 Å². The van der Waals surface area contributed by atoms with Gasteiger partial charge in [-0.25, -0.2) is 0 Å². The summed E-state index contributed by atoms with van der Waals surface area (Å²) in [5.74, 6) is 0. The van der Waals surface area contributed by atoms with Crippen LogP contribution in [0.1, 0.15) is 11.1 Å². The molecular weight excluding hydrogens is 229 g/mol. The lowest BCUT2D eigenvalue weighted by molar-refractivity contribution is -0.137. The Kier molecular flexibility index (Phi) is 2.69. The summed E-state index contributed by atoms with van der Waals surface area (Å²) in [4.78, 5) is 0. The van der Waals surface area contributed by atoms with Gasteiger partial charge in [0.05, 0.1) is 11.8 Å². The molecule has 2 aromatic rings. The zero-order chi connectivity index (χ0) is 12.6. The molecule has 5 heteroatoms. The predicted octanol–water partition coefficient (Wildman–Crippen LogP) is 3.41. The van der Waals surface area contributed by atoms with Crippen LogP contribution in [-0.4, -0.2) is 9.78 Å². The molecule has 17 heavy (non-hydrogen) atoms. The quantitative estimate of drug-likeness (QED) is 0.746. The minimum Gasteiger partial charge on any atom is -0.275 e. The van der Waals surface area contributed by atoms with Gasteiger partial charge in [0.15, 0.2) is 0 Å². The summed E-state index contributed by atoms with van der Waals surface area (Å²) in [5, 5.41) is 3.95. The summed E-state index contributed by atoms with van der Waals surface area (Å²) >= 11 is 0. The highest BCUT2D eigenvalue weighted by atomic mass is 19.4. The Hall–Kier alpha value is -1.78. The van der Waals surface area contributed by atoms with Gasteiger partial charge in [-0.15, -0.1) is 0 Å². The van der Waals surface area contributed by atoms with E-state index in [2.05, 4.69) is 5.10 Å². The molecule has 0 radical (unpaired) electrons. The molecule has 0 aliphatic heterocycles. The van der Waals surface area contributed by atoms with E-state index in [1.165, 1.54) is 0 Å². The lowest BCUT2D eigenvalue weighted by Crippen LogP contribution is -2.05. The molecule has 0 N–H and O–H groups in total. The van der Waals surface area contributed by atoms with Crippen LogP contribution in [-0.2, 0) is 13.2 Å². The summed E-state index contributed by atoms with van der Waals surface area (Å²) < 4.78 is 39.5. The van der Waals surface area contributed by atoms with Crippen molar-refractivity contribution in [2.45, 2.75) is 13.1 Å². The highest BCUT2D eigenvalue weighted by Gasteiger charge is 2.31. The summed E-state index contributed by atoms with van der Waals surface area (Å²) in [6, 6.07) is 4.00. The smallest absolute Gasteiger partial charge is 0.275 e. The average molecular weight is 240 g/mol. The number of aryl methyl sites for hydroxylation is 2. The third-order valence-electron chi connectivity index (χ3n) is 2.44. The van der Waals surface area contributed by atoms with Crippen LogP contribution in [0.3, 0.4) is 0 Å². The van der Waals surface area contributed by atoms with Crippen molar-refractivity contribution < 1.29 is 13.2 Å². The van der Waals surface area contributed by atoms with Gasteiger partial charge in [-0.2, -0.15) is 18.3 Å². The number of alkyl halides is 3. The molecule has 0 spiro atoms. The van der Waals surface area contributed by atoms with Crippen LogP contribution < -0.4 is 0 Å². The van der Waals surface area contributed by atoms with E-state index in [-0.39, 0.29) is 0 Å². The van der Waals surface area contributed by atoms with Crippen molar-refractivity contribution in [3.63, 3.8) is 0 Å². The molecule has 90 valence electrons. The summed E-state index contributed by atoms with van der Waals surface area (Å²) in [7, 11) is 1.73. The van der Waals surface area contributed by atoms with Crippen LogP contribution in [0.15, 0.2) is 30.6 Å². The molecule has 1 aromatic heterocycles. The van der Waals surface area contributed by atoms with Crippen molar-refractivity contribution in [1.82, 2.24) is 9.78 Å². The number of aromatic nitrogens is 2. The first-order valence-corrected chi connectivity index (χ1v) is 5.04. The third kappa shape index (κ3) is 2.49. The van der Waals surface area contributed by atoms with Crippen molar-refractivity contribution in [2.75, 3.05) is 0 Å². The van der Waals surface area contributed by atoms with Gasteiger partial charge in [0.1, 0.15) is 0 Å². The lowest BCUT2D eigenvalue weighted by Gasteiger charge is -2.09. The molecule has 0 amide bonds. The Bertz CT molecular complexity index is 541. The SMILES string of the molecule is Cc1cc(-c2cnn(C)c2)cc(C(F)(F)F)c1. The van der Waals surface area contributed by atoms with Crippen LogP contribution in [0.4, 0.5) is 13.2 Å². The average Bonchev–Trinajstić information content (AvgIpc) is 2.62. The molecule has 0 saturated carbocycles. The minimum absolute atomic E-state index is 0.533. The van der Waals surface area contributed by atoms with Gasteiger partial charge in [0.2, 0.25) is 0 Å². The Morgan fingerprint density at radius 3 is 2.35 bits per heavy atom. The van der Waals surface area contributed by atoms with Crippen LogP contribution in [0.2, 0.25) is 0 Å². The summed E-state index contributed by atoms with van der Waals surface area (Å²) in [6.07, 6.45) is -1.08. The normalized spacial score (nSPS) is 11.8. The molecule has 0 aliphatic rings. The second-order valence-corrected chi connectivity index (χ2v) is 3.99. The number of rotatable bonds is 1. The Labute approximate surface area is 96.7 Å². The van der Waals surface area contributed by atoms with Crippen molar-refractivity contribution >= 4 is 0 Å². The van der Waals surface area contributed by atoms with Gasteiger partial charge in [0.25, 0.3) is 0 Å². The lowest BCUT2D eigenvalue weighted by atomic mass is 10.0. The van der Waals surface area contributed by atoms with Gasteiger partial charge in [-0.1, -0.05) is 6.07 Å². The summed E-state index contributed by atoms with van der Waals surface area (Å²) in [6.45, 7) is 1.65. The van der Waals surface area contributed by atoms with E-state index in [4.69, 9.17) is 0 Å². The van der Waals surface area contributed by atoms with E-state index in [1.54, 1.807) is 37.1 Å². The Morgan fingerprint density at radius 1 is 1.12 bits per heavy atom. The van der Waals surface area contributed by atoms with Gasteiger partial charge < -0.3 is 0 Å². The second-order valence-electron chi connectivity index (χ2n) is 3.99. The van der Waals surface area contributed by atoms with E-state index in [0.717, 1.165) is 12.1 Å². The number of halogens is 3. The highest BCUT2D eigenvalue weighted by molar-refractivity contribution is 5.63. The number of hydrogen-bond acceptors (Lipinski definition) is 1. The standard InChI is InChI=1S/C12H11F3N2/c1-8-3-9(10-6-16-17(2)7-10)5-11(4-8)12(13,14)15/h3-7H,1-2H3.